The van der Waals surface area contributed by atoms with E-state index in [4.69, 9.17) is 10.8 Å². The van der Waals surface area contributed by atoms with Crippen LogP contribution in [-0.2, 0) is 12.8 Å². The Kier molecular flexibility index (Phi) is 4.29. The first-order valence-corrected chi connectivity index (χ1v) is 8.55. The van der Waals surface area contributed by atoms with E-state index in [9.17, 15) is 5.11 Å². The lowest BCUT2D eigenvalue weighted by Crippen LogP contribution is -2.30. The molecule has 26 heavy (non-hydrogen) atoms. The van der Waals surface area contributed by atoms with Gasteiger partial charge in [0, 0.05) is 11.9 Å². The largest absolute Gasteiger partial charge is 0.508 e. The fraction of sp³-hybridized carbons (Fsp3) is 0.0952. The Morgan fingerprint density at radius 1 is 0.923 bits per heavy atom. The van der Waals surface area contributed by atoms with Gasteiger partial charge in [0.25, 0.3) is 0 Å². The Hall–Kier alpha value is -3.31. The van der Waals surface area contributed by atoms with E-state index in [-0.39, 0.29) is 5.75 Å². The highest BCUT2D eigenvalue weighted by molar-refractivity contribution is 5.86. The predicted octanol–water partition coefficient (Wildman–Crippen LogP) is 3.68. The van der Waals surface area contributed by atoms with Crippen molar-refractivity contribution in [3.05, 3.63) is 89.8 Å². The number of phenolic OH excluding ortho intramolecular Hbond substituents is 1. The van der Waals surface area contributed by atoms with Gasteiger partial charge < -0.3 is 10.4 Å². The molecule has 0 bridgehead atoms. The van der Waals surface area contributed by atoms with E-state index in [2.05, 4.69) is 29.6 Å². The smallest absolute Gasteiger partial charge is 0.156 e. The molecule has 0 saturated carbocycles. The van der Waals surface area contributed by atoms with Crippen LogP contribution in [0.2, 0.25) is 0 Å². The fourth-order valence-electron chi connectivity index (χ4n) is 3.01. The number of phenols is 1. The number of hydrogen-bond donors (Lipinski definition) is 3. The molecule has 1 aliphatic heterocycles. The molecule has 0 aliphatic carbocycles. The van der Waals surface area contributed by atoms with E-state index in [1.54, 1.807) is 17.1 Å². The van der Waals surface area contributed by atoms with E-state index in [1.807, 2.05) is 36.5 Å². The molecule has 0 unspecified atom stereocenters. The summed E-state index contributed by atoms with van der Waals surface area (Å²) in [6.45, 7) is 0. The van der Waals surface area contributed by atoms with Crippen molar-refractivity contribution in [2.24, 2.45) is 5.84 Å². The second kappa shape index (κ2) is 6.90. The maximum atomic E-state index is 9.47. The van der Waals surface area contributed by atoms with Crippen LogP contribution in [0.15, 0.2) is 72.9 Å². The highest BCUT2D eigenvalue weighted by atomic mass is 16.3. The minimum absolute atomic E-state index is 0.233. The number of hydrazine groups is 1. The van der Waals surface area contributed by atoms with Crippen molar-refractivity contribution in [1.29, 1.82) is 0 Å². The molecule has 0 saturated heterocycles. The molecule has 1 aliphatic rings. The normalized spacial score (nSPS) is 13.0. The molecular formula is C21H20N4O. The minimum Gasteiger partial charge on any atom is -0.508 e. The summed E-state index contributed by atoms with van der Waals surface area (Å²) in [5.41, 5.74) is 4.91. The summed E-state index contributed by atoms with van der Waals surface area (Å²) in [4.78, 5) is 4.75. The highest BCUT2D eigenvalue weighted by Crippen LogP contribution is 2.32. The molecular weight excluding hydrogens is 324 g/mol. The zero-order valence-electron chi connectivity index (χ0n) is 14.3. The van der Waals surface area contributed by atoms with Gasteiger partial charge in [-0.3, -0.25) is 5.01 Å². The quantitative estimate of drug-likeness (QED) is 0.630. The second-order valence-electron chi connectivity index (χ2n) is 6.28. The molecule has 2 aromatic carbocycles. The number of aromatic hydroxyl groups is 1. The van der Waals surface area contributed by atoms with Gasteiger partial charge in [-0.25, -0.2) is 10.8 Å². The zero-order valence-corrected chi connectivity index (χ0v) is 14.3. The van der Waals surface area contributed by atoms with Crippen LogP contribution < -0.4 is 16.2 Å². The summed E-state index contributed by atoms with van der Waals surface area (Å²) < 4.78 is 0. The first kappa shape index (κ1) is 16.2. The number of fused-ring (bicyclic) bond motifs is 1. The molecule has 4 N–H and O–H groups in total. The molecule has 0 amide bonds. The molecule has 0 fully saturated rings. The molecule has 4 rings (SSSR count). The molecule has 5 nitrogen and oxygen atoms in total. The molecule has 5 heteroatoms. The molecule has 1 aromatic heterocycles. The molecule has 0 atom stereocenters. The number of nitrogens with zero attached hydrogens (tertiary/aromatic N) is 2. The van der Waals surface area contributed by atoms with Crippen molar-refractivity contribution in [2.75, 3.05) is 10.3 Å². The SMILES string of the molecule is NN1C=C(c2ccc(O)cc2)Nc2nc(CCc3ccccc3)ccc21. The summed E-state index contributed by atoms with van der Waals surface area (Å²) in [5, 5.41) is 14.4. The van der Waals surface area contributed by atoms with Gasteiger partial charge in [-0.05, 0) is 60.4 Å². The third kappa shape index (κ3) is 3.38. The van der Waals surface area contributed by atoms with E-state index >= 15 is 0 Å². The number of aromatic nitrogens is 1. The number of anilines is 2. The van der Waals surface area contributed by atoms with Crippen LogP contribution in [0.4, 0.5) is 11.5 Å². The maximum absolute atomic E-state index is 9.47. The Balaban J connectivity index is 1.54. The third-order valence-corrected chi connectivity index (χ3v) is 4.42. The highest BCUT2D eigenvalue weighted by Gasteiger charge is 2.18. The summed E-state index contributed by atoms with van der Waals surface area (Å²) in [6, 6.07) is 21.4. The summed E-state index contributed by atoms with van der Waals surface area (Å²) in [5.74, 6) is 7.12. The molecule has 130 valence electrons. The van der Waals surface area contributed by atoms with Crippen LogP contribution >= 0.6 is 0 Å². The van der Waals surface area contributed by atoms with E-state index in [0.717, 1.165) is 41.3 Å². The summed E-state index contributed by atoms with van der Waals surface area (Å²) in [6.07, 6.45) is 3.63. The van der Waals surface area contributed by atoms with Crippen molar-refractivity contribution in [2.45, 2.75) is 12.8 Å². The van der Waals surface area contributed by atoms with Gasteiger partial charge in [-0.15, -0.1) is 0 Å². The molecule has 0 spiro atoms. The third-order valence-electron chi connectivity index (χ3n) is 4.42. The Labute approximate surface area is 152 Å². The fourth-order valence-corrected chi connectivity index (χ4v) is 3.01. The van der Waals surface area contributed by atoms with Crippen molar-refractivity contribution < 1.29 is 5.11 Å². The van der Waals surface area contributed by atoms with Crippen LogP contribution in [0.5, 0.6) is 5.75 Å². The second-order valence-corrected chi connectivity index (χ2v) is 6.28. The standard InChI is InChI=1S/C21H20N4O/c22-25-14-19(16-7-11-18(26)12-8-16)24-21-20(25)13-10-17(23-21)9-6-15-4-2-1-3-5-15/h1-5,7-8,10-14,26H,6,9,22H2,(H,23,24). The molecule has 3 aromatic rings. The van der Waals surface area contributed by atoms with Gasteiger partial charge in [0.05, 0.1) is 11.4 Å². The van der Waals surface area contributed by atoms with E-state index < -0.39 is 0 Å². The summed E-state index contributed by atoms with van der Waals surface area (Å²) >= 11 is 0. The zero-order chi connectivity index (χ0) is 17.9. The molecule has 2 heterocycles. The lowest BCUT2D eigenvalue weighted by atomic mass is 10.1. The van der Waals surface area contributed by atoms with Crippen molar-refractivity contribution in [3.63, 3.8) is 0 Å². The van der Waals surface area contributed by atoms with E-state index in [1.165, 1.54) is 5.56 Å². The van der Waals surface area contributed by atoms with Gasteiger partial charge >= 0.3 is 0 Å². The monoisotopic (exact) mass is 344 g/mol. The number of hydrogen-bond acceptors (Lipinski definition) is 5. The van der Waals surface area contributed by atoms with Gasteiger partial charge in [-0.2, -0.15) is 0 Å². The van der Waals surface area contributed by atoms with Gasteiger partial charge in [0.1, 0.15) is 5.75 Å². The Morgan fingerprint density at radius 3 is 2.46 bits per heavy atom. The lowest BCUT2D eigenvalue weighted by molar-refractivity contribution is 0.475. The van der Waals surface area contributed by atoms with Crippen LogP contribution in [0, 0.1) is 0 Å². The summed E-state index contributed by atoms with van der Waals surface area (Å²) in [7, 11) is 0. The lowest BCUT2D eigenvalue weighted by Gasteiger charge is -2.26. The number of benzene rings is 2. The molecule has 0 radical (unpaired) electrons. The van der Waals surface area contributed by atoms with Gasteiger partial charge in [0.2, 0.25) is 0 Å². The van der Waals surface area contributed by atoms with Crippen LogP contribution in [-0.4, -0.2) is 10.1 Å². The first-order valence-electron chi connectivity index (χ1n) is 8.55. The minimum atomic E-state index is 0.233. The average molecular weight is 344 g/mol. The van der Waals surface area contributed by atoms with Gasteiger partial charge in [0.15, 0.2) is 5.82 Å². The number of rotatable bonds is 4. The van der Waals surface area contributed by atoms with Crippen LogP contribution in [0.1, 0.15) is 16.8 Å². The van der Waals surface area contributed by atoms with Crippen molar-refractivity contribution >= 4 is 17.2 Å². The van der Waals surface area contributed by atoms with Gasteiger partial charge in [-0.1, -0.05) is 30.3 Å². The van der Waals surface area contributed by atoms with Crippen LogP contribution in [0.3, 0.4) is 0 Å². The first-order chi connectivity index (χ1) is 12.7. The average Bonchev–Trinajstić information content (AvgIpc) is 2.67. The van der Waals surface area contributed by atoms with Crippen molar-refractivity contribution in [1.82, 2.24) is 4.98 Å². The van der Waals surface area contributed by atoms with E-state index in [0.29, 0.717) is 0 Å². The number of nitrogens with two attached hydrogens (primary N) is 1. The maximum Gasteiger partial charge on any atom is 0.156 e. The number of aryl methyl sites for hydroxylation is 2. The topological polar surface area (TPSA) is 74.4 Å². The number of nitrogens with one attached hydrogen (secondary N) is 1. The Morgan fingerprint density at radius 2 is 1.69 bits per heavy atom. The predicted molar refractivity (Wildman–Crippen MR) is 104 cm³/mol. The van der Waals surface area contributed by atoms with Crippen molar-refractivity contribution in [3.8, 4) is 5.75 Å². The van der Waals surface area contributed by atoms with Crippen LogP contribution in [0.25, 0.3) is 5.70 Å². The number of pyridine rings is 1. The Bertz CT molecular complexity index is 936.